The molecule has 1 heterocycles. The zero-order valence-corrected chi connectivity index (χ0v) is 11.9. The van der Waals surface area contributed by atoms with Crippen LogP contribution >= 0.6 is 0 Å². The second-order valence-electron chi connectivity index (χ2n) is 4.44. The summed E-state index contributed by atoms with van der Waals surface area (Å²) in [6.45, 7) is 4.36. The van der Waals surface area contributed by atoms with Crippen LogP contribution in [0.4, 0.5) is 4.79 Å². The van der Waals surface area contributed by atoms with Crippen molar-refractivity contribution in [1.29, 1.82) is 0 Å². The smallest absolute Gasteiger partial charge is 0.323 e. The van der Waals surface area contributed by atoms with E-state index in [0.29, 0.717) is 19.5 Å². The predicted molar refractivity (Wildman–Crippen MR) is 75.4 cm³/mol. The van der Waals surface area contributed by atoms with Crippen LogP contribution in [0.5, 0.6) is 0 Å². The van der Waals surface area contributed by atoms with E-state index in [-0.39, 0.29) is 12.6 Å². The zero-order chi connectivity index (χ0) is 15.0. The molecule has 0 aromatic carbocycles. The fourth-order valence-corrected chi connectivity index (χ4v) is 1.91. The standard InChI is InChI=1S/C14H21N3O3/c1-3-8-17(10-13(18)19)14(20)16-9-12-11(4-2)6-5-7-15-12/h5-7H,3-4,8-10H2,1-2H3,(H,16,20)(H,18,19). The van der Waals surface area contributed by atoms with Gasteiger partial charge in [0.2, 0.25) is 0 Å². The van der Waals surface area contributed by atoms with Gasteiger partial charge < -0.3 is 15.3 Å². The fraction of sp³-hybridized carbons (Fsp3) is 0.500. The number of nitrogens with one attached hydrogen (secondary N) is 1. The van der Waals surface area contributed by atoms with Crippen molar-refractivity contribution in [3.63, 3.8) is 0 Å². The highest BCUT2D eigenvalue weighted by Gasteiger charge is 2.15. The van der Waals surface area contributed by atoms with E-state index in [1.807, 2.05) is 26.0 Å². The van der Waals surface area contributed by atoms with Gasteiger partial charge in [-0.15, -0.1) is 0 Å². The molecule has 2 N–H and O–H groups in total. The summed E-state index contributed by atoms with van der Waals surface area (Å²) in [5, 5.41) is 11.5. The highest BCUT2D eigenvalue weighted by atomic mass is 16.4. The summed E-state index contributed by atoms with van der Waals surface area (Å²) in [6, 6.07) is 3.45. The Morgan fingerprint density at radius 1 is 1.40 bits per heavy atom. The number of amides is 2. The minimum atomic E-state index is -1.01. The van der Waals surface area contributed by atoms with E-state index in [1.165, 1.54) is 4.90 Å². The number of carbonyl (C=O) groups excluding carboxylic acids is 1. The first-order valence-electron chi connectivity index (χ1n) is 6.75. The number of aryl methyl sites for hydroxylation is 1. The van der Waals surface area contributed by atoms with Crippen LogP contribution in [0.1, 0.15) is 31.5 Å². The van der Waals surface area contributed by atoms with E-state index in [4.69, 9.17) is 5.11 Å². The maximum absolute atomic E-state index is 12.0. The minimum Gasteiger partial charge on any atom is -0.480 e. The van der Waals surface area contributed by atoms with Gasteiger partial charge in [0.05, 0.1) is 12.2 Å². The predicted octanol–water partition coefficient (Wildman–Crippen LogP) is 1.65. The quantitative estimate of drug-likeness (QED) is 0.795. The zero-order valence-electron chi connectivity index (χ0n) is 11.9. The molecule has 0 aliphatic rings. The van der Waals surface area contributed by atoms with E-state index in [2.05, 4.69) is 10.3 Å². The SMILES string of the molecule is CCCN(CC(=O)O)C(=O)NCc1ncccc1CC. The van der Waals surface area contributed by atoms with Crippen LogP contribution in [-0.4, -0.2) is 40.1 Å². The van der Waals surface area contributed by atoms with Crippen LogP contribution in [0.15, 0.2) is 18.3 Å². The Hall–Kier alpha value is -2.11. The molecule has 0 saturated carbocycles. The summed E-state index contributed by atoms with van der Waals surface area (Å²) >= 11 is 0. The van der Waals surface area contributed by atoms with Crippen molar-refractivity contribution >= 4 is 12.0 Å². The van der Waals surface area contributed by atoms with Crippen LogP contribution in [0.2, 0.25) is 0 Å². The van der Waals surface area contributed by atoms with Crippen molar-refractivity contribution in [1.82, 2.24) is 15.2 Å². The van der Waals surface area contributed by atoms with E-state index < -0.39 is 5.97 Å². The van der Waals surface area contributed by atoms with E-state index >= 15 is 0 Å². The maximum Gasteiger partial charge on any atom is 0.323 e. The van der Waals surface area contributed by atoms with Crippen molar-refractivity contribution in [2.45, 2.75) is 33.2 Å². The van der Waals surface area contributed by atoms with Crippen molar-refractivity contribution in [3.05, 3.63) is 29.6 Å². The molecule has 6 nitrogen and oxygen atoms in total. The fourth-order valence-electron chi connectivity index (χ4n) is 1.91. The van der Waals surface area contributed by atoms with Gasteiger partial charge in [-0.05, 0) is 24.5 Å². The molecule has 1 aromatic heterocycles. The minimum absolute atomic E-state index is 0.289. The van der Waals surface area contributed by atoms with Gasteiger partial charge in [-0.2, -0.15) is 0 Å². The monoisotopic (exact) mass is 279 g/mol. The van der Waals surface area contributed by atoms with Crippen molar-refractivity contribution in [2.24, 2.45) is 0 Å². The lowest BCUT2D eigenvalue weighted by atomic mass is 10.1. The first-order valence-corrected chi connectivity index (χ1v) is 6.75. The lowest BCUT2D eigenvalue weighted by Gasteiger charge is -2.20. The van der Waals surface area contributed by atoms with Crippen LogP contribution in [0, 0.1) is 0 Å². The molecular weight excluding hydrogens is 258 g/mol. The number of carbonyl (C=O) groups is 2. The highest BCUT2D eigenvalue weighted by Crippen LogP contribution is 2.06. The number of nitrogens with zero attached hydrogens (tertiary/aromatic N) is 2. The second-order valence-corrected chi connectivity index (χ2v) is 4.44. The molecule has 1 rings (SSSR count). The van der Waals surface area contributed by atoms with Crippen LogP contribution in [0.25, 0.3) is 0 Å². The molecule has 0 aliphatic heterocycles. The number of urea groups is 1. The third-order valence-corrected chi connectivity index (χ3v) is 2.88. The van der Waals surface area contributed by atoms with Gasteiger partial charge in [0, 0.05) is 12.7 Å². The summed E-state index contributed by atoms with van der Waals surface area (Å²) in [6.07, 6.45) is 3.24. The van der Waals surface area contributed by atoms with E-state index in [1.54, 1.807) is 6.20 Å². The Morgan fingerprint density at radius 2 is 2.15 bits per heavy atom. The van der Waals surface area contributed by atoms with Gasteiger partial charge in [-0.3, -0.25) is 9.78 Å². The lowest BCUT2D eigenvalue weighted by molar-refractivity contribution is -0.137. The summed E-state index contributed by atoms with van der Waals surface area (Å²) < 4.78 is 0. The number of rotatable bonds is 7. The number of aliphatic carboxylic acids is 1. The van der Waals surface area contributed by atoms with Crippen molar-refractivity contribution in [2.75, 3.05) is 13.1 Å². The number of aromatic nitrogens is 1. The molecule has 0 atom stereocenters. The normalized spacial score (nSPS) is 10.1. The van der Waals surface area contributed by atoms with Gasteiger partial charge in [0.25, 0.3) is 0 Å². The van der Waals surface area contributed by atoms with Crippen LogP contribution in [-0.2, 0) is 17.8 Å². The van der Waals surface area contributed by atoms with Crippen LogP contribution < -0.4 is 5.32 Å². The molecule has 6 heteroatoms. The van der Waals surface area contributed by atoms with E-state index in [0.717, 1.165) is 17.7 Å². The number of carboxylic acid groups (broad SMARTS) is 1. The molecule has 0 radical (unpaired) electrons. The molecule has 110 valence electrons. The average Bonchev–Trinajstić information content (AvgIpc) is 2.44. The number of carboxylic acids is 1. The molecule has 2 amide bonds. The third kappa shape index (κ3) is 4.87. The number of pyridine rings is 1. The second kappa shape index (κ2) is 8.14. The molecular formula is C14H21N3O3. The van der Waals surface area contributed by atoms with Gasteiger partial charge in [-0.25, -0.2) is 4.79 Å². The van der Waals surface area contributed by atoms with Crippen molar-refractivity contribution in [3.8, 4) is 0 Å². The van der Waals surface area contributed by atoms with Gasteiger partial charge in [-0.1, -0.05) is 19.9 Å². The molecule has 0 saturated heterocycles. The summed E-state index contributed by atoms with van der Waals surface area (Å²) in [5.41, 5.74) is 1.89. The Bertz CT molecular complexity index is 463. The highest BCUT2D eigenvalue weighted by molar-refractivity contribution is 5.80. The first-order chi connectivity index (χ1) is 9.58. The molecule has 0 aliphatic carbocycles. The molecule has 1 aromatic rings. The summed E-state index contributed by atoms with van der Waals surface area (Å²) in [7, 11) is 0. The number of hydrogen-bond acceptors (Lipinski definition) is 3. The topological polar surface area (TPSA) is 82.5 Å². The molecule has 0 spiro atoms. The van der Waals surface area contributed by atoms with Crippen molar-refractivity contribution < 1.29 is 14.7 Å². The Morgan fingerprint density at radius 3 is 2.75 bits per heavy atom. The first kappa shape index (κ1) is 15.9. The summed E-state index contributed by atoms with van der Waals surface area (Å²) in [4.78, 5) is 28.2. The largest absolute Gasteiger partial charge is 0.480 e. The lowest BCUT2D eigenvalue weighted by Crippen LogP contribution is -2.43. The summed E-state index contributed by atoms with van der Waals surface area (Å²) in [5.74, 6) is -1.01. The third-order valence-electron chi connectivity index (χ3n) is 2.88. The Labute approximate surface area is 118 Å². The van der Waals surface area contributed by atoms with Gasteiger partial charge >= 0.3 is 12.0 Å². The number of hydrogen-bond donors (Lipinski definition) is 2. The molecule has 20 heavy (non-hydrogen) atoms. The Kier molecular flexibility index (Phi) is 6.49. The molecule has 0 bridgehead atoms. The van der Waals surface area contributed by atoms with Crippen LogP contribution in [0.3, 0.4) is 0 Å². The Balaban J connectivity index is 2.62. The average molecular weight is 279 g/mol. The molecule has 0 fully saturated rings. The van der Waals surface area contributed by atoms with Gasteiger partial charge in [0.1, 0.15) is 6.54 Å². The maximum atomic E-state index is 12.0. The van der Waals surface area contributed by atoms with E-state index in [9.17, 15) is 9.59 Å². The van der Waals surface area contributed by atoms with Gasteiger partial charge in [0.15, 0.2) is 0 Å². The molecule has 0 unspecified atom stereocenters.